The van der Waals surface area contributed by atoms with Crippen LogP contribution >= 0.6 is 11.8 Å². The van der Waals surface area contributed by atoms with Crippen molar-refractivity contribution < 1.29 is 9.90 Å². The third kappa shape index (κ3) is 3.83. The van der Waals surface area contributed by atoms with E-state index in [9.17, 15) is 9.90 Å². The smallest absolute Gasteiger partial charge is 0.237 e. The molecule has 0 saturated carbocycles. The Morgan fingerprint density at radius 2 is 2.23 bits per heavy atom. The van der Waals surface area contributed by atoms with Crippen LogP contribution in [0.3, 0.4) is 0 Å². The molecule has 1 amide bonds. The lowest BCUT2D eigenvalue weighted by atomic mass is 10.0. The number of nitrogens with zero attached hydrogens (tertiary/aromatic N) is 1. The molecule has 2 aliphatic rings. The zero-order chi connectivity index (χ0) is 15.4. The Labute approximate surface area is 136 Å². The largest absolute Gasteiger partial charge is 0.387 e. The molecule has 0 bridgehead atoms. The van der Waals surface area contributed by atoms with E-state index in [-0.39, 0.29) is 11.9 Å². The highest BCUT2D eigenvalue weighted by molar-refractivity contribution is 7.99. The van der Waals surface area contributed by atoms with Crippen molar-refractivity contribution in [3.8, 4) is 0 Å². The number of nitrogens with one attached hydrogen (secondary N) is 1. The first-order valence-corrected chi connectivity index (χ1v) is 9.18. The second-order valence-electron chi connectivity index (χ2n) is 6.36. The summed E-state index contributed by atoms with van der Waals surface area (Å²) in [7, 11) is 0. The molecule has 4 nitrogen and oxygen atoms in total. The van der Waals surface area contributed by atoms with Gasteiger partial charge in [0.2, 0.25) is 5.91 Å². The van der Waals surface area contributed by atoms with E-state index in [1.165, 1.54) is 5.56 Å². The zero-order valence-electron chi connectivity index (χ0n) is 12.8. The number of thioether (sulfide) groups is 1. The number of carbonyl (C=O) groups is 1. The van der Waals surface area contributed by atoms with E-state index in [1.807, 2.05) is 18.2 Å². The summed E-state index contributed by atoms with van der Waals surface area (Å²) in [5.41, 5.74) is 0.538. The van der Waals surface area contributed by atoms with Crippen LogP contribution in [-0.4, -0.2) is 52.2 Å². The summed E-state index contributed by atoms with van der Waals surface area (Å²) < 4.78 is 0. The average Bonchev–Trinajstić information content (AvgIpc) is 3.16. The topological polar surface area (TPSA) is 52.6 Å². The van der Waals surface area contributed by atoms with Gasteiger partial charge in [0.1, 0.15) is 0 Å². The van der Waals surface area contributed by atoms with Gasteiger partial charge in [0.25, 0.3) is 0 Å². The number of hydrogen-bond donors (Lipinski definition) is 2. The van der Waals surface area contributed by atoms with Gasteiger partial charge in [-0.3, -0.25) is 9.69 Å². The average molecular weight is 320 g/mol. The highest BCUT2D eigenvalue weighted by Gasteiger charge is 2.35. The molecule has 5 heteroatoms. The Morgan fingerprint density at radius 3 is 2.95 bits per heavy atom. The molecule has 0 aromatic heterocycles. The first kappa shape index (κ1) is 15.8. The van der Waals surface area contributed by atoms with Gasteiger partial charge in [-0.1, -0.05) is 30.3 Å². The van der Waals surface area contributed by atoms with Gasteiger partial charge in [-0.25, -0.2) is 0 Å². The molecule has 0 aliphatic carbocycles. The second kappa shape index (κ2) is 7.02. The van der Waals surface area contributed by atoms with Crippen molar-refractivity contribution in [3.05, 3.63) is 35.9 Å². The predicted octanol–water partition coefficient (Wildman–Crippen LogP) is 1.64. The quantitative estimate of drug-likeness (QED) is 0.866. The van der Waals surface area contributed by atoms with Crippen molar-refractivity contribution in [2.45, 2.75) is 37.5 Å². The minimum Gasteiger partial charge on any atom is -0.387 e. The summed E-state index contributed by atoms with van der Waals surface area (Å²) in [6.45, 7) is 2.17. The van der Waals surface area contributed by atoms with Crippen molar-refractivity contribution in [1.29, 1.82) is 0 Å². The molecule has 2 heterocycles. The molecule has 0 spiro atoms. The van der Waals surface area contributed by atoms with Gasteiger partial charge in [0.15, 0.2) is 0 Å². The van der Waals surface area contributed by atoms with Crippen LogP contribution < -0.4 is 5.32 Å². The number of benzene rings is 1. The maximum absolute atomic E-state index is 12.5. The van der Waals surface area contributed by atoms with Crippen LogP contribution in [0.15, 0.2) is 30.3 Å². The van der Waals surface area contributed by atoms with E-state index in [0.717, 1.165) is 43.9 Å². The van der Waals surface area contributed by atoms with E-state index in [4.69, 9.17) is 0 Å². The predicted molar refractivity (Wildman–Crippen MR) is 89.8 cm³/mol. The van der Waals surface area contributed by atoms with Gasteiger partial charge in [0.05, 0.1) is 11.6 Å². The highest BCUT2D eigenvalue weighted by atomic mass is 32.2. The second-order valence-corrected chi connectivity index (χ2v) is 7.46. The number of rotatable bonds is 5. The van der Waals surface area contributed by atoms with Gasteiger partial charge in [0, 0.05) is 18.8 Å². The molecule has 2 fully saturated rings. The molecule has 1 aromatic carbocycles. The van der Waals surface area contributed by atoms with E-state index >= 15 is 0 Å². The third-order valence-electron chi connectivity index (χ3n) is 4.57. The van der Waals surface area contributed by atoms with Crippen molar-refractivity contribution in [1.82, 2.24) is 10.2 Å². The summed E-state index contributed by atoms with van der Waals surface area (Å²) in [5.74, 6) is 1.78. The van der Waals surface area contributed by atoms with E-state index in [2.05, 4.69) is 22.3 Å². The Morgan fingerprint density at radius 1 is 1.41 bits per heavy atom. The standard InChI is InChI=1S/C17H24N2O2S/c20-16(18-12-17(21)8-10-22-13-17)15-7-4-9-19(15)11-14-5-2-1-3-6-14/h1-3,5-6,15,21H,4,7-13H2,(H,18,20)/t15-,17+/m0/s1. The highest BCUT2D eigenvalue weighted by Crippen LogP contribution is 2.27. The van der Waals surface area contributed by atoms with Crippen molar-refractivity contribution in [2.75, 3.05) is 24.6 Å². The van der Waals surface area contributed by atoms with Crippen LogP contribution in [-0.2, 0) is 11.3 Å². The van der Waals surface area contributed by atoms with Gasteiger partial charge in [-0.2, -0.15) is 11.8 Å². The molecule has 22 heavy (non-hydrogen) atoms. The zero-order valence-corrected chi connectivity index (χ0v) is 13.6. The van der Waals surface area contributed by atoms with Gasteiger partial charge >= 0.3 is 0 Å². The molecule has 3 rings (SSSR count). The van der Waals surface area contributed by atoms with E-state index < -0.39 is 5.60 Å². The number of amides is 1. The number of carbonyl (C=O) groups excluding carboxylic acids is 1. The third-order valence-corrected chi connectivity index (χ3v) is 5.80. The maximum atomic E-state index is 12.5. The normalized spacial score (nSPS) is 28.9. The minimum absolute atomic E-state index is 0.0575. The fraction of sp³-hybridized carbons (Fsp3) is 0.588. The van der Waals surface area contributed by atoms with E-state index in [0.29, 0.717) is 6.54 Å². The molecule has 2 N–H and O–H groups in total. The number of hydrogen-bond acceptors (Lipinski definition) is 4. The maximum Gasteiger partial charge on any atom is 0.237 e. The first-order chi connectivity index (χ1) is 10.7. The minimum atomic E-state index is -0.705. The van der Waals surface area contributed by atoms with Crippen molar-refractivity contribution in [2.24, 2.45) is 0 Å². The summed E-state index contributed by atoms with van der Waals surface area (Å²) in [6, 6.07) is 10.2. The lowest BCUT2D eigenvalue weighted by molar-refractivity contribution is -0.126. The molecule has 120 valence electrons. The Kier molecular flexibility index (Phi) is 5.06. The van der Waals surface area contributed by atoms with Crippen LogP contribution in [0.5, 0.6) is 0 Å². The summed E-state index contributed by atoms with van der Waals surface area (Å²) in [6.07, 6.45) is 2.74. The first-order valence-electron chi connectivity index (χ1n) is 8.02. The lowest BCUT2D eigenvalue weighted by Crippen LogP contribution is -2.49. The molecule has 0 radical (unpaired) electrons. The number of aliphatic hydroxyl groups is 1. The van der Waals surface area contributed by atoms with Crippen LogP contribution in [0.2, 0.25) is 0 Å². The van der Waals surface area contributed by atoms with Crippen LogP contribution in [0.25, 0.3) is 0 Å². The summed E-state index contributed by atoms with van der Waals surface area (Å²) >= 11 is 1.76. The molecule has 2 saturated heterocycles. The molecular weight excluding hydrogens is 296 g/mol. The van der Waals surface area contributed by atoms with E-state index in [1.54, 1.807) is 11.8 Å². The summed E-state index contributed by atoms with van der Waals surface area (Å²) in [5, 5.41) is 13.3. The molecule has 0 unspecified atom stereocenters. The Bertz CT molecular complexity index is 503. The van der Waals surface area contributed by atoms with Crippen LogP contribution in [0.1, 0.15) is 24.8 Å². The molecule has 2 aliphatic heterocycles. The van der Waals surface area contributed by atoms with Crippen molar-refractivity contribution in [3.63, 3.8) is 0 Å². The van der Waals surface area contributed by atoms with Gasteiger partial charge < -0.3 is 10.4 Å². The van der Waals surface area contributed by atoms with Crippen molar-refractivity contribution >= 4 is 17.7 Å². The fourth-order valence-electron chi connectivity index (χ4n) is 3.24. The van der Waals surface area contributed by atoms with Crippen LogP contribution in [0, 0.1) is 0 Å². The fourth-order valence-corrected chi connectivity index (χ4v) is 4.53. The molecule has 1 aromatic rings. The molecular formula is C17H24N2O2S. The molecule has 2 atom stereocenters. The Hall–Kier alpha value is -1.04. The number of likely N-dealkylation sites (tertiary alicyclic amines) is 1. The summed E-state index contributed by atoms with van der Waals surface area (Å²) in [4.78, 5) is 14.7. The SMILES string of the molecule is O=C(NC[C@]1(O)CCSC1)[C@@H]1CCCN1Cc1ccccc1. The lowest BCUT2D eigenvalue weighted by Gasteiger charge is -2.26. The van der Waals surface area contributed by atoms with Crippen LogP contribution in [0.4, 0.5) is 0 Å². The monoisotopic (exact) mass is 320 g/mol. The van der Waals surface area contributed by atoms with Gasteiger partial charge in [-0.15, -0.1) is 0 Å². The van der Waals surface area contributed by atoms with Gasteiger partial charge in [-0.05, 0) is 37.1 Å². The Balaban J connectivity index is 1.54.